The van der Waals surface area contributed by atoms with Gasteiger partial charge in [-0.1, -0.05) is 54.6 Å². The maximum Gasteiger partial charge on any atom is 0.217 e. The van der Waals surface area contributed by atoms with Crippen molar-refractivity contribution in [3.63, 3.8) is 0 Å². The van der Waals surface area contributed by atoms with Gasteiger partial charge in [-0.05, 0) is 6.42 Å². The molecule has 0 aliphatic carbocycles. The minimum absolute atomic E-state index is 0. The van der Waals surface area contributed by atoms with Gasteiger partial charge < -0.3 is 10.5 Å². The van der Waals surface area contributed by atoms with Crippen LogP contribution in [-0.2, 0) is 4.74 Å². The first-order valence-electron chi connectivity index (χ1n) is 4.40. The molecule has 0 aliphatic rings. The van der Waals surface area contributed by atoms with E-state index in [9.17, 15) is 0 Å². The van der Waals surface area contributed by atoms with Gasteiger partial charge in [-0.3, -0.25) is 0 Å². The van der Waals surface area contributed by atoms with Crippen molar-refractivity contribution < 1.29 is 4.74 Å². The number of nitrogens with two attached hydrogens (primary N) is 1. The number of rotatable bonds is 6. The second-order valence-electron chi connectivity index (χ2n) is 2.84. The molecule has 0 saturated heterocycles. The summed E-state index contributed by atoms with van der Waals surface area (Å²) < 4.78 is 3.92. The third-order valence-electron chi connectivity index (χ3n) is 1.65. The van der Waals surface area contributed by atoms with Crippen molar-refractivity contribution in [1.29, 1.82) is 0 Å². The van der Waals surface area contributed by atoms with Gasteiger partial charge in [-0.25, -0.2) is 0 Å². The molecule has 14 heavy (non-hydrogen) atoms. The zero-order valence-electron chi connectivity index (χ0n) is 8.14. The molecule has 2 nitrogen and oxygen atoms in total. The zero-order chi connectivity index (χ0) is 10.3. The van der Waals surface area contributed by atoms with Crippen LogP contribution in [0.4, 0.5) is 0 Å². The van der Waals surface area contributed by atoms with Gasteiger partial charge in [0.1, 0.15) is 6.10 Å². The fourth-order valence-electron chi connectivity index (χ4n) is 0.874. The highest BCUT2D eigenvalue weighted by Crippen LogP contribution is 2.31. The predicted octanol–water partition coefficient (Wildman–Crippen LogP) is 3.31. The van der Waals surface area contributed by atoms with Crippen LogP contribution in [0.5, 0.6) is 0 Å². The summed E-state index contributed by atoms with van der Waals surface area (Å²) in [6.07, 6.45) is 2.74. The normalized spacial score (nSPS) is 13.5. The van der Waals surface area contributed by atoms with E-state index in [0.717, 1.165) is 19.3 Å². The van der Waals surface area contributed by atoms with Crippen LogP contribution in [0, 0.1) is 0 Å². The highest BCUT2D eigenvalue weighted by Gasteiger charge is 2.31. The van der Waals surface area contributed by atoms with E-state index in [-0.39, 0.29) is 19.0 Å². The second-order valence-corrected chi connectivity index (χ2v) is 5.21. The molecule has 0 aliphatic heterocycles. The van der Waals surface area contributed by atoms with Gasteiger partial charge in [0.15, 0.2) is 0 Å². The lowest BCUT2D eigenvalue weighted by Crippen LogP contribution is -2.36. The number of alkyl halides is 3. The van der Waals surface area contributed by atoms with Gasteiger partial charge in [0.05, 0.1) is 0 Å². The molecule has 1 unspecified atom stereocenters. The summed E-state index contributed by atoms with van der Waals surface area (Å²) in [6, 6.07) is 0. The molecule has 2 N–H and O–H groups in total. The predicted molar refractivity (Wildman–Crippen MR) is 65.9 cm³/mol. The number of halogens is 4. The van der Waals surface area contributed by atoms with E-state index >= 15 is 0 Å². The highest BCUT2D eigenvalue weighted by molar-refractivity contribution is 6.68. The van der Waals surface area contributed by atoms with Crippen molar-refractivity contribution in [3.8, 4) is 0 Å². The average molecular weight is 285 g/mol. The fourth-order valence-corrected chi connectivity index (χ4v) is 1.33. The van der Waals surface area contributed by atoms with Crippen LogP contribution in [0.25, 0.3) is 0 Å². The van der Waals surface area contributed by atoms with E-state index in [1.165, 1.54) is 0 Å². The number of ether oxygens (including phenoxy) is 1. The largest absolute Gasteiger partial charge is 0.372 e. The summed E-state index contributed by atoms with van der Waals surface area (Å²) in [5, 5.41) is 0. The Morgan fingerprint density at radius 1 is 1.29 bits per heavy atom. The summed E-state index contributed by atoms with van der Waals surface area (Å²) >= 11 is 16.9. The third kappa shape index (κ3) is 8.39. The summed E-state index contributed by atoms with van der Waals surface area (Å²) in [5.41, 5.74) is 5.40. The molecule has 0 fully saturated rings. The molecule has 0 aromatic carbocycles. The molecule has 6 heteroatoms. The lowest BCUT2D eigenvalue weighted by Gasteiger charge is -2.22. The number of unbranched alkanes of at least 4 members (excludes halogenated alkanes) is 2. The maximum atomic E-state index is 5.64. The van der Waals surface area contributed by atoms with Crippen LogP contribution < -0.4 is 5.73 Å². The van der Waals surface area contributed by atoms with Gasteiger partial charge in [0.25, 0.3) is 0 Å². The minimum atomic E-state index is -1.42. The lowest BCUT2D eigenvalue weighted by atomic mass is 10.3. The standard InChI is InChI=1S/C8H16Cl3NO.ClH/c1-2-3-4-5-13-7(6-12)8(9,10)11;/h7H,2-6,12H2,1H3;1H. The summed E-state index contributed by atoms with van der Waals surface area (Å²) in [6.45, 7) is 2.95. The third-order valence-corrected chi connectivity index (χ3v) is 2.38. The van der Waals surface area contributed by atoms with Crippen molar-refractivity contribution in [2.45, 2.75) is 36.1 Å². The van der Waals surface area contributed by atoms with Crippen LogP contribution in [0.1, 0.15) is 26.2 Å². The highest BCUT2D eigenvalue weighted by atomic mass is 35.6. The lowest BCUT2D eigenvalue weighted by molar-refractivity contribution is 0.0591. The van der Waals surface area contributed by atoms with E-state index in [2.05, 4.69) is 6.92 Å². The van der Waals surface area contributed by atoms with E-state index in [1.807, 2.05) is 0 Å². The summed E-state index contributed by atoms with van der Waals surface area (Å²) in [5.74, 6) is 0. The maximum absolute atomic E-state index is 5.64. The molecule has 1 atom stereocenters. The van der Waals surface area contributed by atoms with Crippen LogP contribution in [0.2, 0.25) is 0 Å². The first-order chi connectivity index (χ1) is 6.02. The molecule has 0 heterocycles. The monoisotopic (exact) mass is 283 g/mol. The molecule has 0 bridgehead atoms. The molecule has 0 radical (unpaired) electrons. The van der Waals surface area contributed by atoms with Crippen LogP contribution in [0.15, 0.2) is 0 Å². The number of hydrogen-bond donors (Lipinski definition) is 1. The van der Waals surface area contributed by atoms with Crippen molar-refractivity contribution in [2.75, 3.05) is 13.2 Å². The Kier molecular flexibility index (Phi) is 11.6. The Bertz CT molecular complexity index is 129. The number of hydrogen-bond acceptors (Lipinski definition) is 2. The molecular weight excluding hydrogens is 268 g/mol. The Balaban J connectivity index is 0. The topological polar surface area (TPSA) is 35.2 Å². The van der Waals surface area contributed by atoms with Crippen LogP contribution in [0.3, 0.4) is 0 Å². The zero-order valence-corrected chi connectivity index (χ0v) is 11.2. The van der Waals surface area contributed by atoms with Crippen molar-refractivity contribution in [1.82, 2.24) is 0 Å². The molecule has 0 rings (SSSR count). The Hall–Kier alpha value is 1.08. The van der Waals surface area contributed by atoms with Gasteiger partial charge in [0, 0.05) is 13.2 Å². The summed E-state index contributed by atoms with van der Waals surface area (Å²) in [7, 11) is 0. The minimum Gasteiger partial charge on any atom is -0.372 e. The van der Waals surface area contributed by atoms with E-state index in [0.29, 0.717) is 6.61 Å². The second kappa shape index (κ2) is 9.32. The Labute approximate surface area is 107 Å². The molecule has 0 aromatic rings. The van der Waals surface area contributed by atoms with Crippen molar-refractivity contribution in [3.05, 3.63) is 0 Å². The molecule has 0 spiro atoms. The van der Waals surface area contributed by atoms with E-state index in [1.54, 1.807) is 0 Å². The quantitative estimate of drug-likeness (QED) is 0.600. The van der Waals surface area contributed by atoms with E-state index in [4.69, 9.17) is 45.3 Å². The molecule has 88 valence electrons. The van der Waals surface area contributed by atoms with Crippen LogP contribution in [-0.4, -0.2) is 23.0 Å². The van der Waals surface area contributed by atoms with Gasteiger partial charge in [0.2, 0.25) is 3.79 Å². The van der Waals surface area contributed by atoms with Gasteiger partial charge in [-0.15, -0.1) is 12.4 Å². The SMILES string of the molecule is CCCCCOC(CN)C(Cl)(Cl)Cl.Cl. The Morgan fingerprint density at radius 2 is 1.86 bits per heavy atom. The average Bonchev–Trinajstić information content (AvgIpc) is 2.02. The van der Waals surface area contributed by atoms with Crippen molar-refractivity contribution in [2.24, 2.45) is 5.73 Å². The van der Waals surface area contributed by atoms with E-state index < -0.39 is 9.90 Å². The first kappa shape index (κ1) is 17.5. The van der Waals surface area contributed by atoms with Gasteiger partial charge >= 0.3 is 0 Å². The smallest absolute Gasteiger partial charge is 0.217 e. The molecule has 0 saturated carbocycles. The molecule has 0 aromatic heterocycles. The first-order valence-corrected chi connectivity index (χ1v) is 5.54. The fraction of sp³-hybridized carbons (Fsp3) is 1.00. The van der Waals surface area contributed by atoms with Crippen LogP contribution >= 0.6 is 47.2 Å². The molecule has 0 amide bonds. The van der Waals surface area contributed by atoms with Gasteiger partial charge in [-0.2, -0.15) is 0 Å². The Morgan fingerprint density at radius 3 is 2.21 bits per heavy atom. The van der Waals surface area contributed by atoms with Crippen molar-refractivity contribution >= 4 is 47.2 Å². The molecular formula is C8H17Cl4NO. The summed E-state index contributed by atoms with van der Waals surface area (Å²) in [4.78, 5) is 0.